The van der Waals surface area contributed by atoms with Crippen molar-refractivity contribution in [3.05, 3.63) is 12.2 Å². The monoisotopic (exact) mass is 506 g/mol. The van der Waals surface area contributed by atoms with E-state index in [1.807, 2.05) is 6.92 Å². The van der Waals surface area contributed by atoms with Gasteiger partial charge in [0.25, 0.3) is 0 Å². The molecule has 8 heteroatoms. The van der Waals surface area contributed by atoms with Crippen LogP contribution in [0.25, 0.3) is 0 Å². The molecule has 0 radical (unpaired) electrons. The van der Waals surface area contributed by atoms with Gasteiger partial charge in [-0.2, -0.15) is 0 Å². The lowest BCUT2D eigenvalue weighted by Crippen LogP contribution is -2.54. The molecule has 3 unspecified atom stereocenters. The fourth-order valence-electron chi connectivity index (χ4n) is 9.16. The summed E-state index contributed by atoms with van der Waals surface area (Å²) in [5.74, 6) is -0.860. The van der Waals surface area contributed by atoms with Crippen LogP contribution in [0.4, 0.5) is 0 Å². The van der Waals surface area contributed by atoms with Crippen LogP contribution in [0.3, 0.4) is 0 Å². The summed E-state index contributed by atoms with van der Waals surface area (Å²) in [5, 5.41) is 0. The molecular formula is C26H42O6Si2. The van der Waals surface area contributed by atoms with Crippen LogP contribution in [-0.2, 0) is 27.9 Å². The maximum absolute atomic E-state index is 13.6. The minimum absolute atomic E-state index is 0.0256. The Kier molecular flexibility index (Phi) is 5.14. The molecule has 8 atom stereocenters. The predicted octanol–water partition coefficient (Wildman–Crippen LogP) is 5.06. The summed E-state index contributed by atoms with van der Waals surface area (Å²) >= 11 is 0. The lowest BCUT2D eigenvalue weighted by Gasteiger charge is -2.49. The zero-order valence-corrected chi connectivity index (χ0v) is 24.2. The quantitative estimate of drug-likeness (QED) is 0.295. The van der Waals surface area contributed by atoms with Crippen LogP contribution in [-0.4, -0.2) is 53.0 Å². The Bertz CT molecular complexity index is 952. The Morgan fingerprint density at radius 2 is 1.79 bits per heavy atom. The third kappa shape index (κ3) is 3.17. The molecule has 1 aliphatic heterocycles. The first kappa shape index (κ1) is 24.7. The Hall–Kier alpha value is -0.966. The molecule has 4 saturated carbocycles. The van der Waals surface area contributed by atoms with E-state index in [9.17, 15) is 9.59 Å². The summed E-state index contributed by atoms with van der Waals surface area (Å²) in [6, 6.07) is 0. The van der Waals surface area contributed by atoms with Crippen molar-refractivity contribution in [3.8, 4) is 0 Å². The number of carbonyl (C=O) groups is 2. The first-order valence-corrected chi connectivity index (χ1v) is 19.7. The SMILES string of the molecule is C=C1C[C@]23C[C@@]1(O[Si](C)(C)C)CCC2[C@@]12C[C@H](O[Si](C)(C)C)CC(C)(C(=O)O1)C2[C@@H]3C(=O)OC. The van der Waals surface area contributed by atoms with Crippen LogP contribution < -0.4 is 0 Å². The van der Waals surface area contributed by atoms with Crippen molar-refractivity contribution in [2.24, 2.45) is 28.6 Å². The fourth-order valence-corrected chi connectivity index (χ4v) is 11.8. The maximum atomic E-state index is 13.6. The average molecular weight is 507 g/mol. The Morgan fingerprint density at radius 1 is 1.12 bits per heavy atom. The highest BCUT2D eigenvalue weighted by Crippen LogP contribution is 2.79. The van der Waals surface area contributed by atoms with Gasteiger partial charge in [-0.25, -0.2) is 0 Å². The number of carbonyl (C=O) groups excluding carboxylic acids is 2. The Labute approximate surface area is 206 Å². The summed E-state index contributed by atoms with van der Waals surface area (Å²) in [6.07, 6.45) is 4.53. The second kappa shape index (κ2) is 7.08. The molecule has 5 rings (SSSR count). The van der Waals surface area contributed by atoms with Gasteiger partial charge < -0.3 is 18.3 Å². The molecule has 34 heavy (non-hydrogen) atoms. The number of hydrogen-bond donors (Lipinski definition) is 0. The molecule has 4 bridgehead atoms. The summed E-state index contributed by atoms with van der Waals surface area (Å²) in [4.78, 5) is 27.1. The molecule has 0 amide bonds. The van der Waals surface area contributed by atoms with Gasteiger partial charge in [0.15, 0.2) is 16.6 Å². The van der Waals surface area contributed by atoms with Gasteiger partial charge in [-0.1, -0.05) is 6.58 Å². The van der Waals surface area contributed by atoms with Crippen molar-refractivity contribution >= 4 is 28.6 Å². The van der Waals surface area contributed by atoms with Gasteiger partial charge in [0.1, 0.15) is 5.60 Å². The molecule has 1 spiro atoms. The highest BCUT2D eigenvalue weighted by atomic mass is 28.4. The smallest absolute Gasteiger partial charge is 0.312 e. The summed E-state index contributed by atoms with van der Waals surface area (Å²) in [5.41, 5.74) is -1.04. The van der Waals surface area contributed by atoms with Crippen molar-refractivity contribution in [3.63, 3.8) is 0 Å². The number of fused-ring (bicyclic) bond motifs is 1. The molecule has 4 aliphatic carbocycles. The second-order valence-corrected chi connectivity index (χ2v) is 22.9. The molecule has 6 nitrogen and oxygen atoms in total. The number of methoxy groups -OCH3 is 1. The van der Waals surface area contributed by atoms with Crippen LogP contribution in [0.15, 0.2) is 12.2 Å². The van der Waals surface area contributed by atoms with Crippen LogP contribution in [0.2, 0.25) is 39.3 Å². The van der Waals surface area contributed by atoms with Gasteiger partial charge in [0.05, 0.1) is 24.0 Å². The normalized spacial score (nSPS) is 47.3. The molecule has 5 aliphatic rings. The Balaban J connectivity index is 1.64. The lowest BCUT2D eigenvalue weighted by atomic mass is 9.59. The van der Waals surface area contributed by atoms with E-state index in [2.05, 4.69) is 45.9 Å². The number of rotatable bonds is 5. The Morgan fingerprint density at radius 3 is 2.38 bits per heavy atom. The topological polar surface area (TPSA) is 71.1 Å². The molecule has 190 valence electrons. The van der Waals surface area contributed by atoms with Crippen LogP contribution >= 0.6 is 0 Å². The van der Waals surface area contributed by atoms with Crippen LogP contribution in [0.5, 0.6) is 0 Å². The van der Waals surface area contributed by atoms with E-state index in [1.54, 1.807) is 0 Å². The molecule has 5 fully saturated rings. The van der Waals surface area contributed by atoms with Crippen molar-refractivity contribution in [1.82, 2.24) is 0 Å². The first-order valence-electron chi connectivity index (χ1n) is 12.9. The highest BCUT2D eigenvalue weighted by Gasteiger charge is 2.84. The summed E-state index contributed by atoms with van der Waals surface area (Å²) in [7, 11) is -2.20. The third-order valence-electron chi connectivity index (χ3n) is 9.51. The van der Waals surface area contributed by atoms with Crippen molar-refractivity contribution < 1.29 is 27.9 Å². The minimum atomic E-state index is -1.86. The van der Waals surface area contributed by atoms with E-state index in [4.69, 9.17) is 18.3 Å². The van der Waals surface area contributed by atoms with Gasteiger partial charge in [0.2, 0.25) is 0 Å². The lowest BCUT2D eigenvalue weighted by molar-refractivity contribution is -0.163. The first-order chi connectivity index (χ1) is 15.5. The molecular weight excluding hydrogens is 464 g/mol. The van der Waals surface area contributed by atoms with Gasteiger partial charge in [-0.05, 0) is 89.3 Å². The summed E-state index contributed by atoms with van der Waals surface area (Å²) in [6.45, 7) is 19.8. The van der Waals surface area contributed by atoms with Crippen molar-refractivity contribution in [2.45, 2.75) is 102 Å². The molecule has 0 aromatic heterocycles. The zero-order valence-electron chi connectivity index (χ0n) is 22.2. The van der Waals surface area contributed by atoms with Gasteiger partial charge >= 0.3 is 11.9 Å². The number of ether oxygens (including phenoxy) is 2. The molecule has 0 N–H and O–H groups in total. The number of esters is 2. The van der Waals surface area contributed by atoms with E-state index in [0.29, 0.717) is 12.8 Å². The standard InChI is InChI=1S/C26H42O6Si2/c1-16-12-24-15-25(16,32-34(7,8)9)11-10-18(24)26-14-17(31-33(4,5)6)13-23(2,22(28)30-26)20(26)19(24)21(27)29-3/h17-20H,1,10-15H2,2-9H3/t17-,18?,19-,20?,23?,24+,25+,26-/m1/s1. The maximum Gasteiger partial charge on any atom is 0.312 e. The van der Waals surface area contributed by atoms with Gasteiger partial charge in [-0.3, -0.25) is 9.59 Å². The van der Waals surface area contributed by atoms with Crippen LogP contribution in [0, 0.1) is 28.6 Å². The van der Waals surface area contributed by atoms with E-state index in [-0.39, 0.29) is 40.9 Å². The van der Waals surface area contributed by atoms with E-state index in [0.717, 1.165) is 31.3 Å². The van der Waals surface area contributed by atoms with E-state index < -0.39 is 33.6 Å². The fraction of sp³-hybridized carbons (Fsp3) is 0.846. The highest BCUT2D eigenvalue weighted by molar-refractivity contribution is 6.70. The van der Waals surface area contributed by atoms with Gasteiger partial charge in [-0.15, -0.1) is 0 Å². The largest absolute Gasteiger partial charge is 0.469 e. The average Bonchev–Trinajstić information content (AvgIpc) is 3.07. The molecule has 0 aromatic carbocycles. The summed E-state index contributed by atoms with van der Waals surface area (Å²) < 4.78 is 25.4. The minimum Gasteiger partial charge on any atom is -0.469 e. The molecule has 1 saturated heterocycles. The van der Waals surface area contributed by atoms with E-state index >= 15 is 0 Å². The van der Waals surface area contributed by atoms with Crippen molar-refractivity contribution in [1.29, 1.82) is 0 Å². The molecule has 1 heterocycles. The van der Waals surface area contributed by atoms with Crippen LogP contribution in [0.1, 0.15) is 45.4 Å². The number of hydrogen-bond acceptors (Lipinski definition) is 6. The predicted molar refractivity (Wildman–Crippen MR) is 134 cm³/mol. The molecule has 0 aromatic rings. The van der Waals surface area contributed by atoms with E-state index in [1.165, 1.54) is 7.11 Å². The zero-order chi connectivity index (χ0) is 25.1. The van der Waals surface area contributed by atoms with Gasteiger partial charge in [0, 0.05) is 24.4 Å². The second-order valence-electron chi connectivity index (χ2n) is 14.0. The third-order valence-corrected chi connectivity index (χ3v) is 11.6. The van der Waals surface area contributed by atoms with Crippen molar-refractivity contribution in [2.75, 3.05) is 7.11 Å².